The van der Waals surface area contributed by atoms with Gasteiger partial charge in [0.1, 0.15) is 18.4 Å². The molecule has 0 aromatic heterocycles. The Balaban J connectivity index is 1.28. The Labute approximate surface area is 212 Å². The van der Waals surface area contributed by atoms with Crippen molar-refractivity contribution in [1.82, 2.24) is 4.90 Å². The molecule has 2 aliphatic heterocycles. The minimum Gasteiger partial charge on any atom is -0.488 e. The van der Waals surface area contributed by atoms with Gasteiger partial charge in [-0.2, -0.15) is 0 Å². The number of alkyl halides is 1. The summed E-state index contributed by atoms with van der Waals surface area (Å²) >= 11 is 3.46. The molecule has 0 bridgehead atoms. The Morgan fingerprint density at radius 1 is 1.14 bits per heavy atom. The number of carbonyl (C=O) groups is 3. The summed E-state index contributed by atoms with van der Waals surface area (Å²) in [4.78, 5) is 39.7. The van der Waals surface area contributed by atoms with Gasteiger partial charge >= 0.3 is 5.97 Å². The summed E-state index contributed by atoms with van der Waals surface area (Å²) < 4.78 is 16.5. The fraction of sp³-hybridized carbons (Fsp3) is 0.444. The Kier molecular flexibility index (Phi) is 6.79. The molecule has 1 saturated heterocycles. The van der Waals surface area contributed by atoms with Crippen LogP contribution in [0.3, 0.4) is 0 Å². The van der Waals surface area contributed by atoms with Crippen molar-refractivity contribution in [3.8, 4) is 16.9 Å². The molecule has 2 aromatic carbocycles. The highest BCUT2D eigenvalue weighted by Crippen LogP contribution is 2.41. The number of ether oxygens (including phenoxy) is 3. The van der Waals surface area contributed by atoms with Gasteiger partial charge in [0, 0.05) is 30.3 Å². The van der Waals surface area contributed by atoms with E-state index in [0.717, 1.165) is 47.2 Å². The van der Waals surface area contributed by atoms with E-state index in [2.05, 4.69) is 15.9 Å². The molecule has 3 atom stereocenters. The lowest BCUT2D eigenvalue weighted by atomic mass is 9.85. The first kappa shape index (κ1) is 24.2. The second-order valence-electron chi connectivity index (χ2n) is 9.58. The number of hydrogen-bond acceptors (Lipinski definition) is 7. The zero-order valence-corrected chi connectivity index (χ0v) is 21.4. The van der Waals surface area contributed by atoms with E-state index in [4.69, 9.17) is 14.2 Å². The smallest absolute Gasteiger partial charge is 0.323 e. The van der Waals surface area contributed by atoms with Crippen LogP contribution in [0.2, 0.25) is 0 Å². The number of fused-ring (bicyclic) bond motifs is 4. The molecule has 0 saturated carbocycles. The summed E-state index contributed by atoms with van der Waals surface area (Å²) in [7, 11) is 3.54. The molecule has 1 fully saturated rings. The van der Waals surface area contributed by atoms with Gasteiger partial charge in [0.05, 0.1) is 11.4 Å². The van der Waals surface area contributed by atoms with E-state index in [1.807, 2.05) is 36.2 Å². The van der Waals surface area contributed by atoms with Crippen LogP contribution in [0.5, 0.6) is 5.75 Å². The summed E-state index contributed by atoms with van der Waals surface area (Å²) in [6.45, 7) is 1.38. The highest BCUT2D eigenvalue weighted by Gasteiger charge is 2.36. The van der Waals surface area contributed by atoms with Gasteiger partial charge in [-0.1, -0.05) is 28.1 Å². The quantitative estimate of drug-likeness (QED) is 0.312. The van der Waals surface area contributed by atoms with Crippen LogP contribution in [-0.4, -0.2) is 67.2 Å². The number of rotatable bonds is 6. The van der Waals surface area contributed by atoms with E-state index < -0.39 is 0 Å². The maximum atomic E-state index is 12.8. The van der Waals surface area contributed by atoms with Crippen molar-refractivity contribution in [2.45, 2.75) is 36.7 Å². The van der Waals surface area contributed by atoms with Crippen molar-refractivity contribution in [3.63, 3.8) is 0 Å². The number of hydrogen-bond donors (Lipinski definition) is 0. The molecule has 35 heavy (non-hydrogen) atoms. The lowest BCUT2D eigenvalue weighted by molar-refractivity contribution is -0.147. The van der Waals surface area contributed by atoms with Crippen LogP contribution in [0.25, 0.3) is 11.1 Å². The van der Waals surface area contributed by atoms with E-state index in [1.165, 1.54) is 0 Å². The van der Waals surface area contributed by atoms with E-state index in [9.17, 15) is 14.4 Å². The molecule has 0 amide bonds. The molecule has 1 unspecified atom stereocenters. The Morgan fingerprint density at radius 3 is 2.77 bits per heavy atom. The third-order valence-corrected chi connectivity index (χ3v) is 8.05. The van der Waals surface area contributed by atoms with Crippen LogP contribution < -0.4 is 4.74 Å². The SMILES string of the molecule is COC[C@H]1C[C@@H](C(=O)OCC(=O)c2ccc3c(c2)COc2cc4c(cc2-3)CCC(Br)C4=O)N(C)C1. The third-order valence-electron chi connectivity index (χ3n) is 7.18. The number of nitrogens with zero attached hydrogens (tertiary/aromatic N) is 1. The Morgan fingerprint density at radius 2 is 1.97 bits per heavy atom. The van der Waals surface area contributed by atoms with Crippen molar-refractivity contribution in [1.29, 1.82) is 0 Å². The van der Waals surface area contributed by atoms with Crippen LogP contribution in [0.4, 0.5) is 0 Å². The van der Waals surface area contributed by atoms with Gasteiger partial charge < -0.3 is 14.2 Å². The minimum atomic E-state index is -0.375. The topological polar surface area (TPSA) is 82.1 Å². The largest absolute Gasteiger partial charge is 0.488 e. The number of likely N-dealkylation sites (tertiary alicyclic amines) is 1. The Hall–Kier alpha value is -2.55. The van der Waals surface area contributed by atoms with Gasteiger partial charge in [0.2, 0.25) is 0 Å². The molecule has 184 valence electrons. The van der Waals surface area contributed by atoms with Crippen LogP contribution in [0.1, 0.15) is 44.7 Å². The molecular formula is C27H28BrNO6. The van der Waals surface area contributed by atoms with E-state index in [1.54, 1.807) is 13.2 Å². The third kappa shape index (κ3) is 4.67. The van der Waals surface area contributed by atoms with Crippen molar-refractivity contribution in [3.05, 3.63) is 52.6 Å². The average Bonchev–Trinajstić information content (AvgIpc) is 3.23. The maximum Gasteiger partial charge on any atom is 0.323 e. The molecule has 8 heteroatoms. The van der Waals surface area contributed by atoms with Crippen molar-refractivity contribution in [2.75, 3.05) is 33.9 Å². The molecule has 0 spiro atoms. The van der Waals surface area contributed by atoms with Crippen LogP contribution in [-0.2, 0) is 27.3 Å². The molecule has 5 rings (SSSR count). The fourth-order valence-corrected chi connectivity index (χ4v) is 5.81. The van der Waals surface area contributed by atoms with Gasteiger partial charge in [-0.05, 0) is 67.1 Å². The zero-order valence-electron chi connectivity index (χ0n) is 19.8. The summed E-state index contributed by atoms with van der Waals surface area (Å²) in [6, 6.07) is 9.02. The average molecular weight is 542 g/mol. The molecule has 3 aliphatic rings. The monoisotopic (exact) mass is 541 g/mol. The first-order valence-electron chi connectivity index (χ1n) is 11.9. The van der Waals surface area contributed by atoms with Gasteiger partial charge in [-0.25, -0.2) is 0 Å². The highest BCUT2D eigenvalue weighted by molar-refractivity contribution is 9.10. The predicted molar refractivity (Wildman–Crippen MR) is 133 cm³/mol. The fourth-order valence-electron chi connectivity index (χ4n) is 5.33. The summed E-state index contributed by atoms with van der Waals surface area (Å²) in [6.07, 6.45) is 2.26. The van der Waals surface area contributed by atoms with Crippen molar-refractivity contribution in [2.24, 2.45) is 5.92 Å². The standard InChI is InChI=1S/C27H28BrNO6/c1-29-11-15(12-33-2)7-23(29)27(32)35-14-24(30)17-3-5-19-18(8-17)13-34-25-10-20-16(9-21(19)25)4-6-22(28)26(20)31/h3,5,8-10,15,22-23H,4,6-7,11-14H2,1-2H3/t15-,22?,23-/m0/s1. The van der Waals surface area contributed by atoms with E-state index >= 15 is 0 Å². The minimum absolute atomic E-state index is 0.0944. The van der Waals surface area contributed by atoms with Gasteiger partial charge in [-0.3, -0.25) is 19.3 Å². The van der Waals surface area contributed by atoms with Gasteiger partial charge in [0.25, 0.3) is 0 Å². The Bertz CT molecular complexity index is 1190. The zero-order chi connectivity index (χ0) is 24.7. The molecule has 1 aliphatic carbocycles. The maximum absolute atomic E-state index is 12.8. The first-order chi connectivity index (χ1) is 16.9. The number of esters is 1. The number of halogens is 1. The van der Waals surface area contributed by atoms with Gasteiger partial charge in [-0.15, -0.1) is 0 Å². The second kappa shape index (κ2) is 9.84. The number of likely N-dealkylation sites (N-methyl/N-ethyl adjacent to an activating group) is 1. The van der Waals surface area contributed by atoms with Crippen LogP contribution >= 0.6 is 15.9 Å². The highest BCUT2D eigenvalue weighted by atomic mass is 79.9. The van der Waals surface area contributed by atoms with E-state index in [0.29, 0.717) is 30.9 Å². The van der Waals surface area contributed by atoms with Crippen molar-refractivity contribution >= 4 is 33.5 Å². The van der Waals surface area contributed by atoms with Crippen molar-refractivity contribution < 1.29 is 28.6 Å². The number of carbonyl (C=O) groups excluding carboxylic acids is 3. The number of ketones is 2. The van der Waals surface area contributed by atoms with Gasteiger partial charge in [0.15, 0.2) is 18.2 Å². The number of benzene rings is 2. The predicted octanol–water partition coefficient (Wildman–Crippen LogP) is 3.83. The summed E-state index contributed by atoms with van der Waals surface area (Å²) in [5.41, 5.74) is 5.05. The molecule has 2 aromatic rings. The summed E-state index contributed by atoms with van der Waals surface area (Å²) in [5, 5.41) is 0. The number of Topliss-reactive ketones (excluding diaryl/α,β-unsaturated/α-hetero) is 2. The normalized spacial score (nSPS) is 23.2. The molecular weight excluding hydrogens is 514 g/mol. The van der Waals surface area contributed by atoms with E-state index in [-0.39, 0.29) is 40.9 Å². The number of aryl methyl sites for hydroxylation is 1. The summed E-state index contributed by atoms with van der Waals surface area (Å²) in [5.74, 6) is 0.440. The van der Waals surface area contributed by atoms with Crippen LogP contribution in [0, 0.1) is 5.92 Å². The molecule has 2 heterocycles. The molecule has 7 nitrogen and oxygen atoms in total. The van der Waals surface area contributed by atoms with Crippen LogP contribution in [0.15, 0.2) is 30.3 Å². The second-order valence-corrected chi connectivity index (χ2v) is 10.7. The lowest BCUT2D eigenvalue weighted by Gasteiger charge is -2.26. The molecule has 0 N–H and O–H groups in total. The molecule has 0 radical (unpaired) electrons. The lowest BCUT2D eigenvalue weighted by Crippen LogP contribution is -2.35. The number of methoxy groups -OCH3 is 1. The first-order valence-corrected chi connectivity index (χ1v) is 12.8.